The monoisotopic (exact) mass is 462 g/mol. The Bertz CT molecular complexity index is 1130. The summed E-state index contributed by atoms with van der Waals surface area (Å²) in [5.74, 6) is -0.255. The number of benzene rings is 1. The first-order valence-electron chi connectivity index (χ1n) is 9.45. The molecule has 10 heteroatoms. The predicted octanol–water partition coefficient (Wildman–Crippen LogP) is 4.62. The van der Waals surface area contributed by atoms with Crippen molar-refractivity contribution in [3.8, 4) is 11.3 Å². The van der Waals surface area contributed by atoms with Crippen LogP contribution in [-0.2, 0) is 6.54 Å². The lowest BCUT2D eigenvalue weighted by Gasteiger charge is -2.34. The van der Waals surface area contributed by atoms with E-state index in [0.717, 1.165) is 59.6 Å². The van der Waals surface area contributed by atoms with Crippen LogP contribution < -0.4 is 4.90 Å². The zero-order valence-corrected chi connectivity index (χ0v) is 18.1. The van der Waals surface area contributed by atoms with Crippen molar-refractivity contribution in [1.29, 1.82) is 0 Å². The van der Waals surface area contributed by atoms with Gasteiger partial charge in [0.05, 0.1) is 11.9 Å². The van der Waals surface area contributed by atoms with Gasteiger partial charge in [0.2, 0.25) is 10.1 Å². The van der Waals surface area contributed by atoms with Crippen molar-refractivity contribution in [2.45, 2.75) is 6.54 Å². The summed E-state index contributed by atoms with van der Waals surface area (Å²) in [5, 5.41) is 6.49. The van der Waals surface area contributed by atoms with Gasteiger partial charge in [-0.1, -0.05) is 34.5 Å². The number of piperazine rings is 1. The van der Waals surface area contributed by atoms with E-state index in [1.54, 1.807) is 28.0 Å². The Hall–Kier alpha value is -2.26. The zero-order chi connectivity index (χ0) is 20.7. The number of pyridine rings is 1. The number of imidazole rings is 1. The van der Waals surface area contributed by atoms with Crippen molar-refractivity contribution in [3.63, 3.8) is 0 Å². The molecular formula is C20H17Cl2FN6S. The molecule has 1 saturated heterocycles. The van der Waals surface area contributed by atoms with E-state index in [4.69, 9.17) is 28.3 Å². The van der Waals surface area contributed by atoms with Gasteiger partial charge in [-0.05, 0) is 42.0 Å². The number of aromatic nitrogens is 4. The van der Waals surface area contributed by atoms with E-state index in [2.05, 4.69) is 19.8 Å². The van der Waals surface area contributed by atoms with Crippen LogP contribution in [0.1, 0.15) is 5.56 Å². The molecule has 154 valence electrons. The first kappa shape index (κ1) is 19.7. The van der Waals surface area contributed by atoms with Crippen LogP contribution in [0, 0.1) is 5.82 Å². The van der Waals surface area contributed by atoms with Crippen LogP contribution in [0.3, 0.4) is 0 Å². The number of rotatable bonds is 4. The van der Waals surface area contributed by atoms with Gasteiger partial charge >= 0.3 is 0 Å². The average Bonchev–Trinajstić information content (AvgIpc) is 3.28. The van der Waals surface area contributed by atoms with E-state index in [-0.39, 0.29) is 5.82 Å². The highest BCUT2D eigenvalue weighted by molar-refractivity contribution is 7.20. The molecule has 1 aliphatic rings. The molecule has 0 unspecified atom stereocenters. The molecule has 0 bridgehead atoms. The van der Waals surface area contributed by atoms with Gasteiger partial charge in [-0.2, -0.15) is 0 Å². The highest BCUT2D eigenvalue weighted by Gasteiger charge is 2.21. The Kier molecular flexibility index (Phi) is 5.32. The number of hydrogen-bond acceptors (Lipinski definition) is 6. The zero-order valence-electron chi connectivity index (χ0n) is 15.8. The molecule has 5 rings (SSSR count). The number of fused-ring (bicyclic) bond motifs is 1. The van der Waals surface area contributed by atoms with Crippen molar-refractivity contribution >= 4 is 44.6 Å². The number of halogens is 3. The van der Waals surface area contributed by atoms with Gasteiger partial charge in [0.15, 0.2) is 0 Å². The van der Waals surface area contributed by atoms with Gasteiger partial charge in [-0.3, -0.25) is 4.90 Å². The largest absolute Gasteiger partial charge is 0.344 e. The minimum absolute atomic E-state index is 0.255. The minimum atomic E-state index is -0.255. The maximum Gasteiger partial charge on any atom is 0.214 e. The summed E-state index contributed by atoms with van der Waals surface area (Å²) < 4.78 is 14.9. The van der Waals surface area contributed by atoms with Crippen LogP contribution in [0.25, 0.3) is 16.2 Å². The Morgan fingerprint density at radius 1 is 0.967 bits per heavy atom. The second kappa shape index (κ2) is 8.11. The Morgan fingerprint density at radius 2 is 1.67 bits per heavy atom. The van der Waals surface area contributed by atoms with Crippen molar-refractivity contribution in [1.82, 2.24) is 24.5 Å². The minimum Gasteiger partial charge on any atom is -0.344 e. The van der Waals surface area contributed by atoms with Crippen LogP contribution in [0.15, 0.2) is 42.6 Å². The van der Waals surface area contributed by atoms with Gasteiger partial charge in [0.25, 0.3) is 0 Å². The first-order chi connectivity index (χ1) is 14.5. The third-order valence-electron chi connectivity index (χ3n) is 5.04. The molecule has 4 aromatic rings. The second-order valence-electron chi connectivity index (χ2n) is 7.13. The van der Waals surface area contributed by atoms with Crippen LogP contribution in [0.4, 0.5) is 9.52 Å². The normalized spacial score (nSPS) is 15.2. The van der Waals surface area contributed by atoms with E-state index in [0.29, 0.717) is 10.3 Å². The molecule has 6 nitrogen and oxygen atoms in total. The molecule has 4 heterocycles. The number of hydrogen-bond donors (Lipinski definition) is 0. The van der Waals surface area contributed by atoms with Gasteiger partial charge in [0, 0.05) is 38.3 Å². The molecule has 1 aromatic carbocycles. The fourth-order valence-corrected chi connectivity index (χ4v) is 4.98. The molecule has 0 atom stereocenters. The molecule has 0 amide bonds. The molecule has 30 heavy (non-hydrogen) atoms. The quantitative estimate of drug-likeness (QED) is 0.414. The van der Waals surface area contributed by atoms with Crippen molar-refractivity contribution < 1.29 is 4.39 Å². The van der Waals surface area contributed by atoms with Crippen LogP contribution >= 0.6 is 34.5 Å². The number of nitrogens with zero attached hydrogens (tertiary/aromatic N) is 6. The lowest BCUT2D eigenvalue weighted by Crippen LogP contribution is -2.46. The Labute approximate surface area is 186 Å². The van der Waals surface area contributed by atoms with Crippen LogP contribution in [0.5, 0.6) is 0 Å². The third kappa shape index (κ3) is 4.13. The first-order valence-corrected chi connectivity index (χ1v) is 11.0. The molecule has 0 saturated carbocycles. The smallest absolute Gasteiger partial charge is 0.214 e. The van der Waals surface area contributed by atoms with Crippen molar-refractivity contribution in [3.05, 3.63) is 64.3 Å². The van der Waals surface area contributed by atoms with Gasteiger partial charge < -0.3 is 4.90 Å². The summed E-state index contributed by atoms with van der Waals surface area (Å²) in [7, 11) is 0. The fraction of sp³-hybridized carbons (Fsp3) is 0.250. The lowest BCUT2D eigenvalue weighted by molar-refractivity contribution is 0.249. The van der Waals surface area contributed by atoms with Crippen LogP contribution in [-0.4, -0.2) is 50.7 Å². The summed E-state index contributed by atoms with van der Waals surface area (Å²) >= 11 is 13.6. The molecule has 0 spiro atoms. The highest BCUT2D eigenvalue weighted by Crippen LogP contribution is 2.28. The standard InChI is InChI=1S/C20H17Cl2FN6S/c21-17-9-13(10-18(22)25-17)11-27-5-7-28(8-6-27)20-26-29-12-16(24-19(29)30-20)14-1-3-15(23)4-2-14/h1-4,9-10,12H,5-8,11H2. The maximum absolute atomic E-state index is 13.1. The van der Waals surface area contributed by atoms with E-state index in [1.165, 1.54) is 12.1 Å². The molecule has 0 radical (unpaired) electrons. The van der Waals surface area contributed by atoms with Gasteiger partial charge in [-0.25, -0.2) is 18.9 Å². The molecule has 0 aliphatic carbocycles. The molecule has 3 aromatic heterocycles. The second-order valence-corrected chi connectivity index (χ2v) is 8.84. The molecule has 1 fully saturated rings. The molecule has 0 N–H and O–H groups in total. The maximum atomic E-state index is 13.1. The van der Waals surface area contributed by atoms with E-state index in [1.807, 2.05) is 18.3 Å². The van der Waals surface area contributed by atoms with Crippen molar-refractivity contribution in [2.75, 3.05) is 31.1 Å². The molecular weight excluding hydrogens is 446 g/mol. The summed E-state index contributed by atoms with van der Waals surface area (Å²) in [6.45, 7) is 4.39. The Balaban J connectivity index is 1.24. The average molecular weight is 463 g/mol. The molecule has 1 aliphatic heterocycles. The summed E-state index contributed by atoms with van der Waals surface area (Å²) in [4.78, 5) is 14.1. The van der Waals surface area contributed by atoms with E-state index < -0.39 is 0 Å². The van der Waals surface area contributed by atoms with Gasteiger partial charge in [-0.15, -0.1) is 5.10 Å². The summed E-state index contributed by atoms with van der Waals surface area (Å²) in [5.41, 5.74) is 2.73. The van der Waals surface area contributed by atoms with Gasteiger partial charge in [0.1, 0.15) is 16.1 Å². The number of anilines is 1. The summed E-state index contributed by atoms with van der Waals surface area (Å²) in [6, 6.07) is 10.0. The van der Waals surface area contributed by atoms with Crippen LogP contribution in [0.2, 0.25) is 10.3 Å². The summed E-state index contributed by atoms with van der Waals surface area (Å²) in [6.07, 6.45) is 1.88. The van der Waals surface area contributed by atoms with E-state index >= 15 is 0 Å². The predicted molar refractivity (Wildman–Crippen MR) is 118 cm³/mol. The fourth-order valence-electron chi connectivity index (χ4n) is 3.54. The SMILES string of the molecule is Fc1ccc(-c2cn3nc(N4CCN(Cc5cc(Cl)nc(Cl)c5)CC4)sc3n2)cc1. The highest BCUT2D eigenvalue weighted by atomic mass is 35.5. The third-order valence-corrected chi connectivity index (χ3v) is 6.41. The lowest BCUT2D eigenvalue weighted by atomic mass is 10.2. The van der Waals surface area contributed by atoms with E-state index in [9.17, 15) is 4.39 Å². The Morgan fingerprint density at radius 3 is 2.33 bits per heavy atom. The topological polar surface area (TPSA) is 49.6 Å². The van der Waals surface area contributed by atoms with Crippen molar-refractivity contribution in [2.24, 2.45) is 0 Å².